The second-order valence-electron chi connectivity index (χ2n) is 3.44. The molecule has 0 saturated carbocycles. The SMILES string of the molecule is CN(Cc1cccs1)c1cc(N)nc(N)n1. The molecular weight excluding hydrogens is 222 g/mol. The van der Waals surface area contributed by atoms with Gasteiger partial charge in [0, 0.05) is 18.0 Å². The Hall–Kier alpha value is -1.82. The Bertz CT molecular complexity index is 448. The molecule has 84 valence electrons. The number of hydrogen-bond donors (Lipinski definition) is 2. The fourth-order valence-corrected chi connectivity index (χ4v) is 2.14. The van der Waals surface area contributed by atoms with Crippen molar-refractivity contribution in [1.29, 1.82) is 0 Å². The normalized spacial score (nSPS) is 10.3. The van der Waals surface area contributed by atoms with E-state index >= 15 is 0 Å². The second-order valence-corrected chi connectivity index (χ2v) is 4.48. The standard InChI is InChI=1S/C10H13N5S/c1-15(6-7-3-2-4-16-7)9-5-8(11)13-10(12)14-9/h2-5H,6H2,1H3,(H4,11,12,13,14). The van der Waals surface area contributed by atoms with E-state index in [9.17, 15) is 0 Å². The molecule has 0 unspecified atom stereocenters. The molecule has 0 amide bonds. The fraction of sp³-hybridized carbons (Fsp3) is 0.200. The first-order chi connectivity index (χ1) is 7.65. The molecule has 0 aliphatic rings. The number of anilines is 3. The van der Waals surface area contributed by atoms with E-state index in [2.05, 4.69) is 16.0 Å². The van der Waals surface area contributed by atoms with E-state index in [0.29, 0.717) is 5.82 Å². The number of nitrogens with two attached hydrogens (primary N) is 2. The summed E-state index contributed by atoms with van der Waals surface area (Å²) >= 11 is 1.71. The van der Waals surface area contributed by atoms with Gasteiger partial charge in [-0.1, -0.05) is 6.07 Å². The summed E-state index contributed by atoms with van der Waals surface area (Å²) < 4.78 is 0. The van der Waals surface area contributed by atoms with Gasteiger partial charge in [0.05, 0.1) is 6.54 Å². The molecule has 16 heavy (non-hydrogen) atoms. The van der Waals surface area contributed by atoms with Crippen LogP contribution in [-0.2, 0) is 6.54 Å². The van der Waals surface area contributed by atoms with Crippen molar-refractivity contribution >= 4 is 28.9 Å². The topological polar surface area (TPSA) is 81.1 Å². The Kier molecular flexibility index (Phi) is 2.91. The predicted molar refractivity (Wildman–Crippen MR) is 67.3 cm³/mol. The minimum atomic E-state index is 0.202. The van der Waals surface area contributed by atoms with Crippen LogP contribution in [0.25, 0.3) is 0 Å². The van der Waals surface area contributed by atoms with Crippen LogP contribution in [0, 0.1) is 0 Å². The maximum atomic E-state index is 5.62. The Balaban J connectivity index is 2.17. The lowest BCUT2D eigenvalue weighted by Crippen LogP contribution is -2.18. The van der Waals surface area contributed by atoms with Crippen molar-refractivity contribution in [2.75, 3.05) is 23.4 Å². The van der Waals surface area contributed by atoms with Gasteiger partial charge in [0.1, 0.15) is 11.6 Å². The van der Waals surface area contributed by atoms with Crippen molar-refractivity contribution in [1.82, 2.24) is 9.97 Å². The first-order valence-electron chi connectivity index (χ1n) is 4.78. The monoisotopic (exact) mass is 235 g/mol. The molecule has 5 nitrogen and oxygen atoms in total. The van der Waals surface area contributed by atoms with Crippen LogP contribution in [0.2, 0.25) is 0 Å². The van der Waals surface area contributed by atoms with Crippen molar-refractivity contribution in [3.8, 4) is 0 Å². The number of nitrogen functional groups attached to an aromatic ring is 2. The summed E-state index contributed by atoms with van der Waals surface area (Å²) in [6, 6.07) is 5.82. The van der Waals surface area contributed by atoms with Gasteiger partial charge in [0.2, 0.25) is 5.95 Å². The molecular formula is C10H13N5S. The fourth-order valence-electron chi connectivity index (χ4n) is 1.38. The summed E-state index contributed by atoms with van der Waals surface area (Å²) in [6.07, 6.45) is 0. The number of thiophene rings is 1. The quantitative estimate of drug-likeness (QED) is 0.839. The Labute approximate surface area is 97.7 Å². The lowest BCUT2D eigenvalue weighted by Gasteiger charge is -2.17. The van der Waals surface area contributed by atoms with Gasteiger partial charge in [-0.05, 0) is 11.4 Å². The van der Waals surface area contributed by atoms with Crippen LogP contribution < -0.4 is 16.4 Å². The highest BCUT2D eigenvalue weighted by molar-refractivity contribution is 7.09. The van der Waals surface area contributed by atoms with Gasteiger partial charge < -0.3 is 16.4 Å². The molecule has 4 N–H and O–H groups in total. The predicted octanol–water partition coefficient (Wildman–Crippen LogP) is 1.34. The minimum absolute atomic E-state index is 0.202. The third-order valence-electron chi connectivity index (χ3n) is 2.11. The lowest BCUT2D eigenvalue weighted by atomic mass is 10.4. The maximum absolute atomic E-state index is 5.62. The molecule has 2 aromatic rings. The van der Waals surface area contributed by atoms with Crippen LogP contribution >= 0.6 is 11.3 Å². The van der Waals surface area contributed by atoms with Crippen LogP contribution in [0.5, 0.6) is 0 Å². The van der Waals surface area contributed by atoms with Crippen molar-refractivity contribution < 1.29 is 0 Å². The van der Waals surface area contributed by atoms with Crippen LogP contribution in [-0.4, -0.2) is 17.0 Å². The zero-order valence-corrected chi connectivity index (χ0v) is 9.74. The van der Waals surface area contributed by atoms with Gasteiger partial charge in [-0.2, -0.15) is 9.97 Å². The largest absolute Gasteiger partial charge is 0.383 e. The number of hydrogen-bond acceptors (Lipinski definition) is 6. The average Bonchev–Trinajstić information content (AvgIpc) is 2.68. The van der Waals surface area contributed by atoms with E-state index in [4.69, 9.17) is 11.5 Å². The van der Waals surface area contributed by atoms with Gasteiger partial charge in [0.25, 0.3) is 0 Å². The van der Waals surface area contributed by atoms with Crippen molar-refractivity contribution in [2.45, 2.75) is 6.54 Å². The van der Waals surface area contributed by atoms with Gasteiger partial charge in [0.15, 0.2) is 0 Å². The number of aromatic nitrogens is 2. The molecule has 2 rings (SSSR count). The third kappa shape index (κ3) is 2.40. The zero-order chi connectivity index (χ0) is 11.5. The van der Waals surface area contributed by atoms with Crippen LogP contribution in [0.15, 0.2) is 23.6 Å². The molecule has 0 fully saturated rings. The highest BCUT2D eigenvalue weighted by Crippen LogP contribution is 2.18. The first kappa shape index (κ1) is 10.7. The molecule has 0 aromatic carbocycles. The highest BCUT2D eigenvalue weighted by Gasteiger charge is 2.06. The van der Waals surface area contributed by atoms with Crippen LogP contribution in [0.3, 0.4) is 0 Å². The molecule has 0 bridgehead atoms. The lowest BCUT2D eigenvalue weighted by molar-refractivity contribution is 0.909. The molecule has 0 aliphatic carbocycles. The van der Waals surface area contributed by atoms with Crippen molar-refractivity contribution in [2.24, 2.45) is 0 Å². The Morgan fingerprint density at radius 3 is 2.81 bits per heavy atom. The van der Waals surface area contributed by atoms with E-state index in [1.165, 1.54) is 4.88 Å². The summed E-state index contributed by atoms with van der Waals surface area (Å²) in [7, 11) is 1.95. The van der Waals surface area contributed by atoms with Gasteiger partial charge in [-0.15, -0.1) is 11.3 Å². The van der Waals surface area contributed by atoms with E-state index in [1.807, 2.05) is 23.4 Å². The Morgan fingerprint density at radius 2 is 2.19 bits per heavy atom. The van der Waals surface area contributed by atoms with Gasteiger partial charge in [-0.25, -0.2) is 0 Å². The molecule has 0 saturated heterocycles. The smallest absolute Gasteiger partial charge is 0.223 e. The van der Waals surface area contributed by atoms with E-state index in [1.54, 1.807) is 17.4 Å². The number of rotatable bonds is 3. The van der Waals surface area contributed by atoms with Crippen LogP contribution in [0.4, 0.5) is 17.6 Å². The summed E-state index contributed by atoms with van der Waals surface area (Å²) in [4.78, 5) is 11.2. The molecule has 0 spiro atoms. The van der Waals surface area contributed by atoms with Gasteiger partial charge >= 0.3 is 0 Å². The molecule has 0 radical (unpaired) electrons. The molecule has 0 atom stereocenters. The maximum Gasteiger partial charge on any atom is 0.223 e. The summed E-state index contributed by atoms with van der Waals surface area (Å²) in [6.45, 7) is 0.785. The van der Waals surface area contributed by atoms with Crippen molar-refractivity contribution in [3.05, 3.63) is 28.5 Å². The highest BCUT2D eigenvalue weighted by atomic mass is 32.1. The molecule has 0 aliphatic heterocycles. The summed E-state index contributed by atoms with van der Waals surface area (Å²) in [5.74, 6) is 1.33. The second kappa shape index (κ2) is 4.36. The summed E-state index contributed by atoms with van der Waals surface area (Å²) in [5.41, 5.74) is 11.2. The first-order valence-corrected chi connectivity index (χ1v) is 5.66. The van der Waals surface area contributed by atoms with E-state index in [-0.39, 0.29) is 5.95 Å². The van der Waals surface area contributed by atoms with Crippen molar-refractivity contribution in [3.63, 3.8) is 0 Å². The number of nitrogens with zero attached hydrogens (tertiary/aromatic N) is 3. The van der Waals surface area contributed by atoms with E-state index < -0.39 is 0 Å². The minimum Gasteiger partial charge on any atom is -0.383 e. The van der Waals surface area contributed by atoms with Crippen LogP contribution in [0.1, 0.15) is 4.88 Å². The molecule has 2 aromatic heterocycles. The zero-order valence-electron chi connectivity index (χ0n) is 8.92. The average molecular weight is 235 g/mol. The Morgan fingerprint density at radius 1 is 1.38 bits per heavy atom. The molecule has 6 heteroatoms. The molecule has 2 heterocycles. The van der Waals surface area contributed by atoms with Gasteiger partial charge in [-0.3, -0.25) is 0 Å². The summed E-state index contributed by atoms with van der Waals surface area (Å²) in [5, 5.41) is 2.05. The third-order valence-corrected chi connectivity index (χ3v) is 2.98. The van der Waals surface area contributed by atoms with E-state index in [0.717, 1.165) is 12.4 Å².